The fourth-order valence-electron chi connectivity index (χ4n) is 4.55. The van der Waals surface area contributed by atoms with Gasteiger partial charge in [0.05, 0.1) is 31.1 Å². The Bertz CT molecular complexity index is 1590. The number of methoxy groups -OCH3 is 2. The smallest absolute Gasteiger partial charge is 0.237 e. The van der Waals surface area contributed by atoms with Crippen LogP contribution in [0.3, 0.4) is 0 Å². The molecule has 5 heteroatoms. The molecule has 0 atom stereocenters. The van der Waals surface area contributed by atoms with E-state index in [0.717, 1.165) is 56.6 Å². The van der Waals surface area contributed by atoms with Gasteiger partial charge >= 0.3 is 0 Å². The molecule has 0 aliphatic carbocycles. The van der Waals surface area contributed by atoms with Gasteiger partial charge in [-0.25, -0.2) is 4.99 Å². The molecule has 0 spiro atoms. The average molecular weight is 459 g/mol. The Morgan fingerprint density at radius 3 is 2.14 bits per heavy atom. The van der Waals surface area contributed by atoms with Crippen molar-refractivity contribution in [3.63, 3.8) is 0 Å². The molecule has 0 bridgehead atoms. The molecule has 0 saturated heterocycles. The predicted molar refractivity (Wildman–Crippen MR) is 139 cm³/mol. The molecular formula is C30H24N3O2+. The second-order valence-corrected chi connectivity index (χ2v) is 8.31. The second kappa shape index (κ2) is 8.61. The first-order valence-corrected chi connectivity index (χ1v) is 11.5. The summed E-state index contributed by atoms with van der Waals surface area (Å²) in [5.41, 5.74) is 8.34. The first-order valence-electron chi connectivity index (χ1n) is 11.5. The molecule has 5 aromatic rings. The summed E-state index contributed by atoms with van der Waals surface area (Å²) >= 11 is 0. The van der Waals surface area contributed by atoms with Crippen LogP contribution in [-0.4, -0.2) is 24.3 Å². The van der Waals surface area contributed by atoms with E-state index in [0.29, 0.717) is 0 Å². The summed E-state index contributed by atoms with van der Waals surface area (Å²) in [5.74, 6) is 1.68. The van der Waals surface area contributed by atoms with Crippen molar-refractivity contribution in [2.75, 3.05) is 14.2 Å². The standard InChI is InChI=1S/C30H24N3O2/c1-34-23-13-9-21(10-14-23)29-19-25(27-7-3-5-17-32(27)29)31-26-20-30(33-18-6-4-8-28(26)33)22-11-15-24(35-2)16-12-22/h3-20H,1-2H3/q+1. The van der Waals surface area contributed by atoms with E-state index in [-0.39, 0.29) is 0 Å². The molecule has 0 unspecified atom stereocenters. The zero-order chi connectivity index (χ0) is 23.8. The lowest BCUT2D eigenvalue weighted by atomic mass is 10.1. The van der Waals surface area contributed by atoms with E-state index in [1.807, 2.05) is 48.5 Å². The normalized spacial score (nSPS) is 13.7. The number of rotatable bonds is 5. The highest BCUT2D eigenvalue weighted by Gasteiger charge is 2.29. The quantitative estimate of drug-likeness (QED) is 0.306. The van der Waals surface area contributed by atoms with Gasteiger partial charge in [0, 0.05) is 30.0 Å². The Morgan fingerprint density at radius 2 is 1.43 bits per heavy atom. The van der Waals surface area contributed by atoms with Crippen LogP contribution in [0.15, 0.2) is 114 Å². The largest absolute Gasteiger partial charge is 0.497 e. The molecule has 4 heterocycles. The van der Waals surface area contributed by atoms with Crippen LogP contribution in [0.4, 0.5) is 5.69 Å². The first-order chi connectivity index (χ1) is 17.2. The maximum atomic E-state index is 5.33. The van der Waals surface area contributed by atoms with Gasteiger partial charge in [-0.3, -0.25) is 0 Å². The Labute approximate surface area is 203 Å². The van der Waals surface area contributed by atoms with Gasteiger partial charge in [-0.1, -0.05) is 6.07 Å². The van der Waals surface area contributed by atoms with Crippen molar-refractivity contribution in [2.45, 2.75) is 0 Å². The van der Waals surface area contributed by atoms with E-state index >= 15 is 0 Å². The zero-order valence-electron chi connectivity index (χ0n) is 19.6. The molecular weight excluding hydrogens is 434 g/mol. The summed E-state index contributed by atoms with van der Waals surface area (Å²) in [4.78, 5) is 5.17. The zero-order valence-corrected chi connectivity index (χ0v) is 19.6. The fourth-order valence-corrected chi connectivity index (χ4v) is 4.55. The Balaban J connectivity index is 1.49. The van der Waals surface area contributed by atoms with Crippen molar-refractivity contribution >= 4 is 22.6 Å². The van der Waals surface area contributed by atoms with Gasteiger partial charge in [0.2, 0.25) is 11.4 Å². The van der Waals surface area contributed by atoms with Crippen LogP contribution in [-0.2, 0) is 0 Å². The van der Waals surface area contributed by atoms with Gasteiger partial charge in [-0.05, 0) is 78.4 Å². The van der Waals surface area contributed by atoms with Crippen LogP contribution in [0.25, 0.3) is 22.5 Å². The van der Waals surface area contributed by atoms with E-state index in [4.69, 9.17) is 14.5 Å². The van der Waals surface area contributed by atoms with Gasteiger partial charge in [0.25, 0.3) is 0 Å². The number of fused-ring (bicyclic) bond motifs is 2. The van der Waals surface area contributed by atoms with Crippen molar-refractivity contribution in [1.29, 1.82) is 0 Å². The minimum Gasteiger partial charge on any atom is -0.497 e. The Morgan fingerprint density at radius 1 is 0.743 bits per heavy atom. The fraction of sp³-hybridized carbons (Fsp3) is 0.0667. The number of aromatic nitrogens is 2. The highest BCUT2D eigenvalue weighted by molar-refractivity contribution is 6.13. The van der Waals surface area contributed by atoms with Crippen molar-refractivity contribution in [1.82, 2.24) is 4.40 Å². The minimum atomic E-state index is 0.839. The lowest BCUT2D eigenvalue weighted by Gasteiger charge is -2.04. The maximum absolute atomic E-state index is 5.33. The van der Waals surface area contributed by atoms with Gasteiger partial charge in [-0.2, -0.15) is 4.57 Å². The van der Waals surface area contributed by atoms with Gasteiger partial charge in [0.1, 0.15) is 17.2 Å². The molecule has 6 rings (SSSR count). The van der Waals surface area contributed by atoms with Gasteiger partial charge in [0.15, 0.2) is 6.20 Å². The molecule has 0 amide bonds. The minimum absolute atomic E-state index is 0.839. The van der Waals surface area contributed by atoms with Crippen LogP contribution in [0.2, 0.25) is 0 Å². The molecule has 1 aliphatic heterocycles. The number of pyridine rings is 2. The number of hydrogen-bond acceptors (Lipinski definition) is 3. The molecule has 35 heavy (non-hydrogen) atoms. The van der Waals surface area contributed by atoms with E-state index in [9.17, 15) is 0 Å². The van der Waals surface area contributed by atoms with Crippen LogP contribution in [0.5, 0.6) is 11.5 Å². The topological polar surface area (TPSA) is 39.1 Å². The van der Waals surface area contributed by atoms with E-state index in [1.165, 1.54) is 0 Å². The second-order valence-electron chi connectivity index (χ2n) is 8.31. The third-order valence-electron chi connectivity index (χ3n) is 6.32. The number of benzene rings is 2. The Hall–Kier alpha value is -4.64. The summed E-state index contributed by atoms with van der Waals surface area (Å²) in [6.45, 7) is 0. The highest BCUT2D eigenvalue weighted by atomic mass is 16.5. The highest BCUT2D eigenvalue weighted by Crippen LogP contribution is 2.33. The Kier molecular flexibility index (Phi) is 5.15. The molecule has 5 nitrogen and oxygen atoms in total. The third kappa shape index (κ3) is 3.67. The van der Waals surface area contributed by atoms with E-state index < -0.39 is 0 Å². The average Bonchev–Trinajstić information content (AvgIpc) is 3.48. The molecule has 170 valence electrons. The van der Waals surface area contributed by atoms with Crippen molar-refractivity contribution in [3.8, 4) is 22.8 Å². The molecule has 0 fully saturated rings. The number of allylic oxidation sites excluding steroid dienone is 1. The van der Waals surface area contributed by atoms with Crippen molar-refractivity contribution < 1.29 is 14.0 Å². The van der Waals surface area contributed by atoms with Gasteiger partial charge in [-0.15, -0.1) is 0 Å². The van der Waals surface area contributed by atoms with E-state index in [1.54, 1.807) is 14.2 Å². The monoisotopic (exact) mass is 458 g/mol. The van der Waals surface area contributed by atoms with Crippen LogP contribution < -0.4 is 14.0 Å². The van der Waals surface area contributed by atoms with Crippen molar-refractivity contribution in [2.24, 2.45) is 4.99 Å². The molecule has 2 aromatic carbocycles. The van der Waals surface area contributed by atoms with E-state index in [2.05, 4.69) is 69.9 Å². The number of ether oxygens (including phenoxy) is 2. The van der Waals surface area contributed by atoms with Crippen molar-refractivity contribution in [3.05, 3.63) is 121 Å². The summed E-state index contributed by atoms with van der Waals surface area (Å²) < 4.78 is 15.0. The van der Waals surface area contributed by atoms with Crippen LogP contribution in [0.1, 0.15) is 11.3 Å². The number of aliphatic imine (C=N–C) groups is 1. The molecule has 1 aliphatic rings. The molecule has 3 aromatic heterocycles. The molecule has 0 saturated carbocycles. The number of nitrogens with zero attached hydrogens (tertiary/aromatic N) is 3. The SMILES string of the molecule is COc1ccc(C2=C/C(=N\c3cc(-c4ccc(OC)cc4)n4ccccc34)c3cccc[n+]32)cc1. The summed E-state index contributed by atoms with van der Waals surface area (Å²) in [6, 6.07) is 30.8. The van der Waals surface area contributed by atoms with Gasteiger partial charge < -0.3 is 13.9 Å². The number of hydrogen-bond donors (Lipinski definition) is 0. The lowest BCUT2D eigenvalue weighted by molar-refractivity contribution is -0.577. The lowest BCUT2D eigenvalue weighted by Crippen LogP contribution is -2.34. The summed E-state index contributed by atoms with van der Waals surface area (Å²) in [7, 11) is 3.36. The summed E-state index contributed by atoms with van der Waals surface area (Å²) in [6.07, 6.45) is 6.31. The van der Waals surface area contributed by atoms with Crippen LogP contribution in [0, 0.1) is 0 Å². The first kappa shape index (κ1) is 20.9. The predicted octanol–water partition coefficient (Wildman–Crippen LogP) is 5.93. The van der Waals surface area contributed by atoms with Crippen LogP contribution >= 0.6 is 0 Å². The maximum Gasteiger partial charge on any atom is 0.237 e. The summed E-state index contributed by atoms with van der Waals surface area (Å²) in [5, 5.41) is 0. The molecule has 0 N–H and O–H groups in total. The third-order valence-corrected chi connectivity index (χ3v) is 6.32. The molecule has 0 radical (unpaired) electrons.